The molecule has 1 aromatic carbocycles. The van der Waals surface area contributed by atoms with E-state index in [1.54, 1.807) is 25.4 Å². The number of likely N-dealkylation sites (tertiary alicyclic amines) is 1. The molecule has 4 rings (SSSR count). The van der Waals surface area contributed by atoms with E-state index in [0.717, 1.165) is 50.1 Å². The van der Waals surface area contributed by atoms with Crippen molar-refractivity contribution in [1.82, 2.24) is 25.2 Å². The van der Waals surface area contributed by atoms with E-state index in [-0.39, 0.29) is 18.0 Å². The molecular formula is C21H29N5O3. The van der Waals surface area contributed by atoms with Gasteiger partial charge in [0.15, 0.2) is 5.69 Å². The molecule has 1 saturated heterocycles. The van der Waals surface area contributed by atoms with E-state index in [0.29, 0.717) is 18.0 Å². The number of aromatic nitrogens is 3. The standard InChI is InChI=1S/C21H29N5O3/c1-29-18-6-7-20(27)15(12-18)13-25-10-8-17(9-11-25)26-14-19(23-24-26)21(28)22-16-4-2-3-5-16/h6-7,12,14,16-17,27H,2-5,8-11,13H2,1H3,(H,22,28). The zero-order valence-corrected chi connectivity index (χ0v) is 16.9. The highest BCUT2D eigenvalue weighted by Crippen LogP contribution is 2.27. The van der Waals surface area contributed by atoms with Gasteiger partial charge in [-0.2, -0.15) is 0 Å². The first kappa shape index (κ1) is 19.7. The number of nitrogens with one attached hydrogen (secondary N) is 1. The zero-order valence-electron chi connectivity index (χ0n) is 16.9. The Balaban J connectivity index is 1.31. The zero-order chi connectivity index (χ0) is 20.2. The summed E-state index contributed by atoms with van der Waals surface area (Å²) in [7, 11) is 1.63. The molecule has 0 atom stereocenters. The van der Waals surface area contributed by atoms with Crippen molar-refractivity contribution in [1.29, 1.82) is 0 Å². The van der Waals surface area contributed by atoms with Crippen LogP contribution >= 0.6 is 0 Å². The van der Waals surface area contributed by atoms with Crippen LogP contribution in [0.25, 0.3) is 0 Å². The highest BCUT2D eigenvalue weighted by molar-refractivity contribution is 5.92. The molecule has 156 valence electrons. The van der Waals surface area contributed by atoms with Crippen molar-refractivity contribution in [2.75, 3.05) is 20.2 Å². The number of benzene rings is 1. The smallest absolute Gasteiger partial charge is 0.273 e. The third-order valence-electron chi connectivity index (χ3n) is 6.05. The number of rotatable bonds is 6. The van der Waals surface area contributed by atoms with Gasteiger partial charge in [-0.25, -0.2) is 4.68 Å². The predicted octanol–water partition coefficient (Wildman–Crippen LogP) is 2.50. The van der Waals surface area contributed by atoms with E-state index < -0.39 is 0 Å². The van der Waals surface area contributed by atoms with Gasteiger partial charge in [-0.1, -0.05) is 18.1 Å². The molecule has 1 aromatic heterocycles. The lowest BCUT2D eigenvalue weighted by Gasteiger charge is -2.31. The van der Waals surface area contributed by atoms with Crippen molar-refractivity contribution in [3.05, 3.63) is 35.7 Å². The number of carbonyl (C=O) groups is 1. The van der Waals surface area contributed by atoms with Crippen LogP contribution in [0.3, 0.4) is 0 Å². The average Bonchev–Trinajstić information content (AvgIpc) is 3.42. The van der Waals surface area contributed by atoms with E-state index in [1.807, 2.05) is 10.7 Å². The Bertz CT molecular complexity index is 839. The van der Waals surface area contributed by atoms with Gasteiger partial charge in [0.2, 0.25) is 0 Å². The van der Waals surface area contributed by atoms with Crippen LogP contribution in [0.1, 0.15) is 60.6 Å². The first-order valence-corrected chi connectivity index (χ1v) is 10.4. The molecule has 1 amide bonds. The lowest BCUT2D eigenvalue weighted by atomic mass is 10.0. The molecule has 2 heterocycles. The Morgan fingerprint density at radius 3 is 2.72 bits per heavy atom. The predicted molar refractivity (Wildman–Crippen MR) is 108 cm³/mol. The molecule has 29 heavy (non-hydrogen) atoms. The van der Waals surface area contributed by atoms with Gasteiger partial charge in [-0.3, -0.25) is 9.69 Å². The second kappa shape index (κ2) is 8.82. The number of ether oxygens (including phenoxy) is 1. The number of nitrogens with zero attached hydrogens (tertiary/aromatic N) is 4. The minimum Gasteiger partial charge on any atom is -0.508 e. The van der Waals surface area contributed by atoms with Gasteiger partial charge >= 0.3 is 0 Å². The van der Waals surface area contributed by atoms with Crippen LogP contribution in [-0.4, -0.2) is 57.1 Å². The molecule has 0 bridgehead atoms. The van der Waals surface area contributed by atoms with Crippen LogP contribution in [0.5, 0.6) is 11.5 Å². The molecular weight excluding hydrogens is 370 g/mol. The fourth-order valence-corrected chi connectivity index (χ4v) is 4.29. The number of methoxy groups -OCH3 is 1. The minimum absolute atomic E-state index is 0.117. The first-order chi connectivity index (χ1) is 14.1. The van der Waals surface area contributed by atoms with Gasteiger partial charge < -0.3 is 15.2 Å². The number of piperidine rings is 1. The van der Waals surface area contributed by atoms with Gasteiger partial charge in [-0.05, 0) is 43.9 Å². The van der Waals surface area contributed by atoms with Crippen LogP contribution in [0, 0.1) is 0 Å². The van der Waals surface area contributed by atoms with Gasteiger partial charge in [0.1, 0.15) is 11.5 Å². The van der Waals surface area contributed by atoms with E-state index in [2.05, 4.69) is 20.5 Å². The SMILES string of the molecule is COc1ccc(O)c(CN2CCC(n3cc(C(=O)NC4CCCC4)nn3)CC2)c1. The number of phenols is 1. The number of carbonyl (C=O) groups excluding carboxylic acids is 1. The maximum atomic E-state index is 12.4. The number of aromatic hydroxyl groups is 1. The normalized spacial score (nSPS) is 18.8. The van der Waals surface area contributed by atoms with Gasteiger partial charge in [-0.15, -0.1) is 5.10 Å². The highest BCUT2D eigenvalue weighted by Gasteiger charge is 2.24. The molecule has 0 spiro atoms. The summed E-state index contributed by atoms with van der Waals surface area (Å²) in [5.41, 5.74) is 1.27. The maximum absolute atomic E-state index is 12.4. The molecule has 2 N–H and O–H groups in total. The largest absolute Gasteiger partial charge is 0.508 e. The maximum Gasteiger partial charge on any atom is 0.273 e. The molecule has 2 aliphatic rings. The molecule has 0 radical (unpaired) electrons. The Morgan fingerprint density at radius 2 is 2.00 bits per heavy atom. The molecule has 2 aromatic rings. The van der Waals surface area contributed by atoms with Gasteiger partial charge in [0.25, 0.3) is 5.91 Å². The summed E-state index contributed by atoms with van der Waals surface area (Å²) in [4.78, 5) is 14.7. The van der Waals surface area contributed by atoms with Crippen LogP contribution in [0.4, 0.5) is 0 Å². The number of hydrogen-bond donors (Lipinski definition) is 2. The lowest BCUT2D eigenvalue weighted by molar-refractivity contribution is 0.0932. The molecule has 0 unspecified atom stereocenters. The second-order valence-corrected chi connectivity index (χ2v) is 8.04. The number of phenolic OH excluding ortho intramolecular Hbond substituents is 1. The summed E-state index contributed by atoms with van der Waals surface area (Å²) in [6, 6.07) is 5.84. The van der Waals surface area contributed by atoms with E-state index in [4.69, 9.17) is 4.74 Å². The number of amides is 1. The molecule has 1 saturated carbocycles. The van der Waals surface area contributed by atoms with Crippen molar-refractivity contribution in [3.8, 4) is 11.5 Å². The fourth-order valence-electron chi connectivity index (χ4n) is 4.29. The van der Waals surface area contributed by atoms with Crippen molar-refractivity contribution in [2.24, 2.45) is 0 Å². The Morgan fingerprint density at radius 1 is 1.24 bits per heavy atom. The quantitative estimate of drug-likeness (QED) is 0.775. The summed E-state index contributed by atoms with van der Waals surface area (Å²) in [6.07, 6.45) is 8.11. The monoisotopic (exact) mass is 399 g/mol. The summed E-state index contributed by atoms with van der Waals surface area (Å²) < 4.78 is 7.09. The van der Waals surface area contributed by atoms with Crippen molar-refractivity contribution in [3.63, 3.8) is 0 Å². The van der Waals surface area contributed by atoms with Gasteiger partial charge in [0, 0.05) is 31.2 Å². The second-order valence-electron chi connectivity index (χ2n) is 8.04. The average molecular weight is 399 g/mol. The molecule has 1 aliphatic carbocycles. The summed E-state index contributed by atoms with van der Waals surface area (Å²) in [5.74, 6) is 0.926. The molecule has 8 nitrogen and oxygen atoms in total. The summed E-state index contributed by atoms with van der Waals surface area (Å²) >= 11 is 0. The topological polar surface area (TPSA) is 92.5 Å². The molecule has 1 aliphatic heterocycles. The van der Waals surface area contributed by atoms with Crippen molar-refractivity contribution >= 4 is 5.91 Å². The van der Waals surface area contributed by atoms with Crippen molar-refractivity contribution < 1.29 is 14.6 Å². The molecule has 8 heteroatoms. The third-order valence-corrected chi connectivity index (χ3v) is 6.05. The van der Waals surface area contributed by atoms with E-state index >= 15 is 0 Å². The minimum atomic E-state index is -0.117. The highest BCUT2D eigenvalue weighted by atomic mass is 16.5. The first-order valence-electron chi connectivity index (χ1n) is 10.4. The third kappa shape index (κ3) is 4.70. The van der Waals surface area contributed by atoms with Crippen LogP contribution in [0.15, 0.2) is 24.4 Å². The van der Waals surface area contributed by atoms with Crippen molar-refractivity contribution in [2.45, 2.75) is 57.2 Å². The van der Waals surface area contributed by atoms with Crippen LogP contribution < -0.4 is 10.1 Å². The van der Waals surface area contributed by atoms with Gasteiger partial charge in [0.05, 0.1) is 19.3 Å². The summed E-state index contributed by atoms with van der Waals surface area (Å²) in [5, 5.41) is 21.5. The van der Waals surface area contributed by atoms with E-state index in [9.17, 15) is 9.90 Å². The fraction of sp³-hybridized carbons (Fsp3) is 0.571. The Hall–Kier alpha value is -2.61. The number of hydrogen-bond acceptors (Lipinski definition) is 6. The molecule has 2 fully saturated rings. The Labute approximate surface area is 170 Å². The lowest BCUT2D eigenvalue weighted by Crippen LogP contribution is -2.34. The Kier molecular flexibility index (Phi) is 5.99. The van der Waals surface area contributed by atoms with Crippen LogP contribution in [0.2, 0.25) is 0 Å². The summed E-state index contributed by atoms with van der Waals surface area (Å²) in [6.45, 7) is 2.47. The van der Waals surface area contributed by atoms with E-state index in [1.165, 1.54) is 12.8 Å². The van der Waals surface area contributed by atoms with Crippen LogP contribution in [-0.2, 0) is 6.54 Å².